The number of benzene rings is 2. The van der Waals surface area contributed by atoms with Gasteiger partial charge in [0.2, 0.25) is 11.7 Å². The first kappa shape index (κ1) is 27.6. The van der Waals surface area contributed by atoms with Gasteiger partial charge in [0, 0.05) is 13.0 Å². The van der Waals surface area contributed by atoms with E-state index in [9.17, 15) is 19.2 Å². The average molecular weight is 482 g/mol. The summed E-state index contributed by atoms with van der Waals surface area (Å²) in [5.74, 6) is -1.95. The van der Waals surface area contributed by atoms with Crippen molar-refractivity contribution >= 4 is 23.7 Å². The SMILES string of the molecule is CCCNC(=O)C(=O)[C@H](Cc1ccccc1)NC(=O)[C@H](CC(C)C)NC(=O)OCc1ccccc1. The predicted octanol–water partition coefficient (Wildman–Crippen LogP) is 3.15. The molecule has 0 aliphatic rings. The Balaban J connectivity index is 2.10. The van der Waals surface area contributed by atoms with Gasteiger partial charge in [-0.05, 0) is 29.9 Å². The molecule has 0 fully saturated rings. The lowest BCUT2D eigenvalue weighted by molar-refractivity contribution is -0.140. The monoisotopic (exact) mass is 481 g/mol. The number of amides is 3. The molecule has 8 nitrogen and oxygen atoms in total. The van der Waals surface area contributed by atoms with Crippen LogP contribution in [0.1, 0.15) is 44.7 Å². The van der Waals surface area contributed by atoms with Crippen LogP contribution in [0.3, 0.4) is 0 Å². The summed E-state index contributed by atoms with van der Waals surface area (Å²) < 4.78 is 5.26. The third-order valence-electron chi connectivity index (χ3n) is 5.20. The lowest BCUT2D eigenvalue weighted by Crippen LogP contribution is -2.55. The molecule has 188 valence electrons. The molecule has 0 aliphatic carbocycles. The van der Waals surface area contributed by atoms with E-state index in [-0.39, 0.29) is 18.9 Å². The normalized spacial score (nSPS) is 12.3. The first-order chi connectivity index (χ1) is 16.8. The van der Waals surface area contributed by atoms with Crippen molar-refractivity contribution in [2.75, 3.05) is 6.54 Å². The van der Waals surface area contributed by atoms with Crippen LogP contribution in [0, 0.1) is 5.92 Å². The highest BCUT2D eigenvalue weighted by Crippen LogP contribution is 2.09. The number of nitrogens with one attached hydrogen (secondary N) is 3. The summed E-state index contributed by atoms with van der Waals surface area (Å²) in [4.78, 5) is 50.8. The molecule has 2 atom stereocenters. The van der Waals surface area contributed by atoms with Crippen molar-refractivity contribution in [3.05, 3.63) is 71.8 Å². The number of alkyl carbamates (subject to hydrolysis) is 1. The van der Waals surface area contributed by atoms with Crippen molar-refractivity contribution in [1.82, 2.24) is 16.0 Å². The van der Waals surface area contributed by atoms with E-state index >= 15 is 0 Å². The second-order valence-corrected chi connectivity index (χ2v) is 8.76. The molecule has 8 heteroatoms. The Hall–Kier alpha value is -3.68. The van der Waals surface area contributed by atoms with Crippen LogP contribution in [0.15, 0.2) is 60.7 Å². The van der Waals surface area contributed by atoms with Crippen molar-refractivity contribution < 1.29 is 23.9 Å². The zero-order valence-electron chi connectivity index (χ0n) is 20.6. The van der Waals surface area contributed by atoms with Crippen molar-refractivity contribution in [3.8, 4) is 0 Å². The number of carbonyl (C=O) groups excluding carboxylic acids is 4. The highest BCUT2D eigenvalue weighted by molar-refractivity contribution is 6.38. The van der Waals surface area contributed by atoms with Gasteiger partial charge in [0.15, 0.2) is 0 Å². The van der Waals surface area contributed by atoms with Gasteiger partial charge in [0.1, 0.15) is 18.7 Å². The minimum Gasteiger partial charge on any atom is -0.445 e. The van der Waals surface area contributed by atoms with Crippen molar-refractivity contribution in [2.24, 2.45) is 5.92 Å². The van der Waals surface area contributed by atoms with Crippen molar-refractivity contribution in [1.29, 1.82) is 0 Å². The Morgan fingerprint density at radius 1 is 0.829 bits per heavy atom. The maximum Gasteiger partial charge on any atom is 0.408 e. The molecule has 0 aliphatic heterocycles. The van der Waals surface area contributed by atoms with Gasteiger partial charge in [0.25, 0.3) is 5.91 Å². The van der Waals surface area contributed by atoms with Gasteiger partial charge in [-0.1, -0.05) is 81.4 Å². The van der Waals surface area contributed by atoms with Crippen LogP contribution < -0.4 is 16.0 Å². The Morgan fingerprint density at radius 2 is 1.43 bits per heavy atom. The Bertz CT molecular complexity index is 963. The summed E-state index contributed by atoms with van der Waals surface area (Å²) in [7, 11) is 0. The summed E-state index contributed by atoms with van der Waals surface area (Å²) in [6.45, 7) is 6.15. The van der Waals surface area contributed by atoms with Gasteiger partial charge in [-0.2, -0.15) is 0 Å². The first-order valence-corrected chi connectivity index (χ1v) is 11.9. The topological polar surface area (TPSA) is 114 Å². The Morgan fingerprint density at radius 3 is 2.00 bits per heavy atom. The molecule has 35 heavy (non-hydrogen) atoms. The van der Waals surface area contributed by atoms with Crippen LogP contribution in [-0.4, -0.2) is 42.3 Å². The number of ketones is 1. The van der Waals surface area contributed by atoms with E-state index in [1.54, 1.807) is 0 Å². The third kappa shape index (κ3) is 10.00. The summed E-state index contributed by atoms with van der Waals surface area (Å²) in [5, 5.41) is 7.86. The standard InChI is InChI=1S/C27H35N3O5/c1-4-15-28-26(33)24(31)22(17-20-11-7-5-8-12-20)29-25(32)23(16-19(2)3)30-27(34)35-18-21-13-9-6-10-14-21/h5-14,19,22-23H,4,15-18H2,1-3H3,(H,28,33)(H,29,32)(H,30,34)/t22-,23-/m0/s1. The average Bonchev–Trinajstić information content (AvgIpc) is 2.85. The maximum atomic E-state index is 13.2. The van der Waals surface area contributed by atoms with Crippen molar-refractivity contribution in [3.63, 3.8) is 0 Å². The van der Waals surface area contributed by atoms with Crippen LogP contribution in [0.2, 0.25) is 0 Å². The molecule has 0 aromatic heterocycles. The Labute approximate surface area is 206 Å². The smallest absolute Gasteiger partial charge is 0.408 e. The minimum absolute atomic E-state index is 0.0649. The molecule has 2 aromatic carbocycles. The van der Waals surface area contributed by atoms with Crippen LogP contribution in [0.5, 0.6) is 0 Å². The Kier molecular flexibility index (Phi) is 11.5. The lowest BCUT2D eigenvalue weighted by atomic mass is 9.99. The second kappa shape index (κ2) is 14.6. The molecular weight excluding hydrogens is 446 g/mol. The number of ether oxygens (including phenoxy) is 1. The van der Waals surface area contributed by atoms with Gasteiger partial charge in [0.05, 0.1) is 0 Å². The number of rotatable bonds is 13. The molecular formula is C27H35N3O5. The van der Waals surface area contributed by atoms with Gasteiger partial charge in [-0.3, -0.25) is 14.4 Å². The molecule has 2 rings (SSSR count). The summed E-state index contributed by atoms with van der Waals surface area (Å²) in [5.41, 5.74) is 1.62. The summed E-state index contributed by atoms with van der Waals surface area (Å²) in [6.07, 6.45) is 0.430. The third-order valence-corrected chi connectivity index (χ3v) is 5.20. The maximum absolute atomic E-state index is 13.2. The summed E-state index contributed by atoms with van der Waals surface area (Å²) >= 11 is 0. The van der Waals surface area contributed by atoms with Crippen LogP contribution in [-0.2, 0) is 32.1 Å². The number of Topliss-reactive ketones (excluding diaryl/α,β-unsaturated/α-hetero) is 1. The minimum atomic E-state index is -1.07. The van der Waals surface area contributed by atoms with Crippen LogP contribution in [0.25, 0.3) is 0 Å². The zero-order valence-corrected chi connectivity index (χ0v) is 20.6. The highest BCUT2D eigenvalue weighted by Gasteiger charge is 2.30. The fourth-order valence-electron chi connectivity index (χ4n) is 3.43. The van der Waals surface area contributed by atoms with E-state index in [0.29, 0.717) is 19.4 Å². The molecule has 0 saturated carbocycles. The predicted molar refractivity (Wildman–Crippen MR) is 133 cm³/mol. The summed E-state index contributed by atoms with van der Waals surface area (Å²) in [6, 6.07) is 16.3. The first-order valence-electron chi connectivity index (χ1n) is 11.9. The molecule has 0 unspecified atom stereocenters. The largest absolute Gasteiger partial charge is 0.445 e. The molecule has 0 radical (unpaired) electrons. The highest BCUT2D eigenvalue weighted by atomic mass is 16.5. The number of hydrogen-bond acceptors (Lipinski definition) is 5. The van der Waals surface area contributed by atoms with Crippen molar-refractivity contribution in [2.45, 2.75) is 58.7 Å². The van der Waals surface area contributed by atoms with Gasteiger partial charge >= 0.3 is 6.09 Å². The van der Waals surface area contributed by atoms with E-state index in [1.807, 2.05) is 81.4 Å². The second-order valence-electron chi connectivity index (χ2n) is 8.76. The fourth-order valence-corrected chi connectivity index (χ4v) is 3.43. The van der Waals surface area contributed by atoms with E-state index in [1.165, 1.54) is 0 Å². The lowest BCUT2D eigenvalue weighted by Gasteiger charge is -2.23. The molecule has 0 spiro atoms. The zero-order chi connectivity index (χ0) is 25.6. The number of hydrogen-bond donors (Lipinski definition) is 3. The molecule has 3 N–H and O–H groups in total. The van der Waals surface area contributed by atoms with E-state index in [0.717, 1.165) is 11.1 Å². The van der Waals surface area contributed by atoms with Gasteiger partial charge in [-0.25, -0.2) is 4.79 Å². The number of carbonyl (C=O) groups is 4. The molecule has 0 bridgehead atoms. The van der Waals surface area contributed by atoms with Crippen LogP contribution >= 0.6 is 0 Å². The van der Waals surface area contributed by atoms with Crippen LogP contribution in [0.4, 0.5) is 4.79 Å². The van der Waals surface area contributed by atoms with E-state index in [4.69, 9.17) is 4.74 Å². The molecule has 2 aromatic rings. The quantitative estimate of drug-likeness (QED) is 0.381. The molecule has 0 saturated heterocycles. The van der Waals surface area contributed by atoms with E-state index in [2.05, 4.69) is 16.0 Å². The molecule has 0 heterocycles. The van der Waals surface area contributed by atoms with E-state index < -0.39 is 35.8 Å². The fraction of sp³-hybridized carbons (Fsp3) is 0.407. The molecule has 3 amide bonds. The van der Waals surface area contributed by atoms with Gasteiger partial charge < -0.3 is 20.7 Å². The van der Waals surface area contributed by atoms with Gasteiger partial charge in [-0.15, -0.1) is 0 Å².